The average Bonchev–Trinajstić information content (AvgIpc) is 1.72. The van der Waals surface area contributed by atoms with Crippen LogP contribution in [0, 0.1) is 0 Å². The number of aryl methyl sites for hydroxylation is 2. The van der Waals surface area contributed by atoms with Gasteiger partial charge in [0.25, 0.3) is 0 Å². The van der Waals surface area contributed by atoms with E-state index >= 15 is 0 Å². The van der Waals surface area contributed by atoms with Gasteiger partial charge in [0, 0.05) is 56.7 Å². The molecule has 0 bridgehead atoms. The monoisotopic (exact) mass is 1180 g/mol. The highest BCUT2D eigenvalue weighted by atomic mass is 15.5. The summed E-state index contributed by atoms with van der Waals surface area (Å²) in [5.41, 5.74) is 26.3. The third-order valence-corrected chi connectivity index (χ3v) is 18.6. The van der Waals surface area contributed by atoms with Crippen molar-refractivity contribution in [1.82, 2.24) is 9.13 Å². The van der Waals surface area contributed by atoms with Crippen LogP contribution in [0.25, 0.3) is 89.2 Å². The zero-order chi connectivity index (χ0) is 61.2. The van der Waals surface area contributed by atoms with Crippen molar-refractivity contribution in [2.45, 2.75) is 51.6 Å². The van der Waals surface area contributed by atoms with E-state index in [9.17, 15) is 0 Å². The Morgan fingerprint density at radius 1 is 0.250 bits per heavy atom. The summed E-state index contributed by atoms with van der Waals surface area (Å²) in [6, 6.07) is 105. The third-order valence-electron chi connectivity index (χ3n) is 18.6. The van der Waals surface area contributed by atoms with Crippen molar-refractivity contribution in [2.24, 2.45) is 10.2 Å². The fourth-order valence-corrected chi connectivity index (χ4v) is 14.2. The van der Waals surface area contributed by atoms with E-state index in [1.807, 2.05) is 22.4 Å². The van der Waals surface area contributed by atoms with Crippen LogP contribution in [0.2, 0.25) is 0 Å². The predicted octanol–water partition coefficient (Wildman–Crippen LogP) is 22.4. The molecular formula is C86H68N6. The molecule has 442 valence electrons. The molecule has 0 spiro atoms. The Morgan fingerprint density at radius 2 is 0.543 bits per heavy atom. The molecule has 6 heteroatoms. The summed E-state index contributed by atoms with van der Waals surface area (Å²) in [4.78, 5) is 0. The molecule has 92 heavy (non-hydrogen) atoms. The molecule has 0 fully saturated rings. The van der Waals surface area contributed by atoms with Gasteiger partial charge in [0.15, 0.2) is 0 Å². The number of para-hydroxylation sites is 4. The molecule has 0 saturated carbocycles. The zero-order valence-corrected chi connectivity index (χ0v) is 51.4. The Morgan fingerprint density at radius 3 is 0.924 bits per heavy atom. The van der Waals surface area contributed by atoms with Crippen molar-refractivity contribution in [3.8, 4) is 22.3 Å². The number of anilines is 4. The molecule has 0 radical (unpaired) electrons. The van der Waals surface area contributed by atoms with Crippen molar-refractivity contribution in [1.29, 1.82) is 0 Å². The molecule has 16 rings (SSSR count). The van der Waals surface area contributed by atoms with Crippen molar-refractivity contribution in [3.63, 3.8) is 0 Å². The number of nitrogens with zero attached hydrogens (tertiary/aromatic N) is 6. The molecule has 2 heterocycles. The maximum absolute atomic E-state index is 5.18. The lowest BCUT2D eigenvalue weighted by Crippen LogP contribution is -2.09. The van der Waals surface area contributed by atoms with Crippen molar-refractivity contribution >= 4 is 102 Å². The lowest BCUT2D eigenvalue weighted by molar-refractivity contribution is 0.545. The van der Waals surface area contributed by atoms with Gasteiger partial charge >= 0.3 is 0 Å². The lowest BCUT2D eigenvalue weighted by Gasteiger charge is -2.19. The number of benzene rings is 12. The van der Waals surface area contributed by atoms with Gasteiger partial charge in [0.1, 0.15) is 0 Å². The van der Waals surface area contributed by atoms with Crippen molar-refractivity contribution in [2.75, 3.05) is 10.0 Å². The van der Waals surface area contributed by atoms with Crippen LogP contribution in [0.3, 0.4) is 0 Å². The summed E-state index contributed by atoms with van der Waals surface area (Å²) in [6.07, 6.45) is 15.8. The Labute approximate surface area is 537 Å². The van der Waals surface area contributed by atoms with Crippen molar-refractivity contribution in [3.05, 3.63) is 336 Å². The lowest BCUT2D eigenvalue weighted by atomic mass is 10.0. The molecule has 2 aliphatic carbocycles. The normalized spacial score (nSPS) is 12.3. The average molecular weight is 1190 g/mol. The van der Waals surface area contributed by atoms with Crippen LogP contribution in [0.5, 0.6) is 0 Å². The Kier molecular flexibility index (Phi) is 15.1. The van der Waals surface area contributed by atoms with E-state index in [0.29, 0.717) is 0 Å². The summed E-state index contributed by atoms with van der Waals surface area (Å²) >= 11 is 0. The highest BCUT2D eigenvalue weighted by Gasteiger charge is 2.24. The van der Waals surface area contributed by atoms with E-state index in [2.05, 4.69) is 312 Å². The van der Waals surface area contributed by atoms with E-state index < -0.39 is 0 Å². The van der Waals surface area contributed by atoms with E-state index in [4.69, 9.17) is 10.2 Å². The molecule has 0 saturated heterocycles. The Bertz CT molecular complexity index is 4740. The van der Waals surface area contributed by atoms with Crippen LogP contribution in [0.15, 0.2) is 301 Å². The number of hydrogen-bond acceptors (Lipinski definition) is 4. The highest BCUT2D eigenvalue weighted by Crippen LogP contribution is 2.47. The summed E-state index contributed by atoms with van der Waals surface area (Å²) in [5.74, 6) is 0. The van der Waals surface area contributed by atoms with Gasteiger partial charge in [-0.25, -0.2) is 10.0 Å². The molecule has 0 N–H and O–H groups in total. The highest BCUT2D eigenvalue weighted by molar-refractivity contribution is 6.12. The minimum Gasteiger partial charge on any atom is -0.340 e. The number of hydrogen-bond donors (Lipinski definition) is 0. The first-order valence-corrected chi connectivity index (χ1v) is 32.5. The topological polar surface area (TPSA) is 41.1 Å². The number of fused-ring (bicyclic) bond motifs is 12. The molecule has 14 aromatic rings. The molecular weight excluding hydrogens is 1120 g/mol. The number of aromatic nitrogens is 2. The Hall–Kier alpha value is -11.3. The summed E-state index contributed by atoms with van der Waals surface area (Å²) in [6.45, 7) is 1.97. The number of unbranched alkanes of at least 4 members (excludes halogenated alkanes) is 5. The molecule has 0 amide bonds. The maximum atomic E-state index is 5.18. The smallest absolute Gasteiger partial charge is 0.0653 e. The first-order valence-electron chi connectivity index (χ1n) is 32.5. The van der Waals surface area contributed by atoms with Crippen LogP contribution in [-0.4, -0.2) is 21.6 Å². The van der Waals surface area contributed by atoms with Gasteiger partial charge in [-0.05, 0) is 188 Å². The molecule has 2 aromatic heterocycles. The van der Waals surface area contributed by atoms with Crippen LogP contribution >= 0.6 is 0 Å². The maximum Gasteiger partial charge on any atom is 0.0653 e. The number of rotatable bonds is 19. The van der Waals surface area contributed by atoms with E-state index in [1.54, 1.807) is 0 Å². The van der Waals surface area contributed by atoms with Crippen LogP contribution in [0.1, 0.15) is 83.0 Å². The minimum absolute atomic E-state index is 0.987. The first kappa shape index (κ1) is 55.9. The standard InChI is InChI=1S/C86H68N6/c1(3-23-53-89-83-39-21-19-37-77(83)81-57-63(45-51-85(81)89)59-87-91(65-25-7-5-8-26-65)67-47-41-61(42-48-67)55-79-73-33-15-11-29-69(73)70-30-12-16-34-74(70)79)2-4-24-54-90-84-40-22-20-38-78(84)82-58-64(46-52-86(82)90)60-88-92(66-27-9-6-10-28-66)68-49-43-62(44-50-68)56-80-75-35-17-13-31-71(75)72-32-14-18-36-76(72)80/h5-22,25-52,55-60H,1-4,23-24,53-54H2. The zero-order valence-electron chi connectivity index (χ0n) is 51.4. The van der Waals surface area contributed by atoms with Gasteiger partial charge in [0.05, 0.1) is 35.2 Å². The van der Waals surface area contributed by atoms with Crippen LogP contribution < -0.4 is 10.0 Å². The predicted molar refractivity (Wildman–Crippen MR) is 390 cm³/mol. The third kappa shape index (κ3) is 10.8. The summed E-state index contributed by atoms with van der Waals surface area (Å²) < 4.78 is 5.07. The van der Waals surface area contributed by atoms with E-state index in [-0.39, 0.29) is 0 Å². The summed E-state index contributed by atoms with van der Waals surface area (Å²) in [7, 11) is 0. The molecule has 0 aliphatic heterocycles. The Balaban J connectivity index is 0.563. The summed E-state index contributed by atoms with van der Waals surface area (Å²) in [5, 5.41) is 19.5. The van der Waals surface area contributed by atoms with Gasteiger partial charge in [-0.15, -0.1) is 0 Å². The van der Waals surface area contributed by atoms with E-state index in [0.717, 1.165) is 70.9 Å². The molecule has 12 aromatic carbocycles. The van der Waals surface area contributed by atoms with Gasteiger partial charge in [-0.2, -0.15) is 10.2 Å². The SMILES string of the molecule is C(=NN(c1ccccc1)c1ccc(C=C2c3ccccc3-c3ccccc32)cc1)c1ccc2c(c1)c1ccccc1n2CCCCCCCCn1c2ccccc2c2cc(C=NN(c3ccccc3)c3ccc(C=C4c5ccccc5-c5ccccc54)cc3)ccc21. The minimum atomic E-state index is 0.987. The fourth-order valence-electron chi connectivity index (χ4n) is 14.2. The van der Waals surface area contributed by atoms with Gasteiger partial charge in [-0.1, -0.05) is 232 Å². The molecule has 2 aliphatic rings. The van der Waals surface area contributed by atoms with Gasteiger partial charge < -0.3 is 9.13 Å². The first-order chi connectivity index (χ1) is 45.6. The van der Waals surface area contributed by atoms with Crippen LogP contribution in [-0.2, 0) is 13.1 Å². The largest absolute Gasteiger partial charge is 0.340 e. The fraction of sp³-hybridized carbons (Fsp3) is 0.0930. The van der Waals surface area contributed by atoms with Gasteiger partial charge in [-0.3, -0.25) is 0 Å². The van der Waals surface area contributed by atoms with Crippen molar-refractivity contribution < 1.29 is 0 Å². The second-order valence-corrected chi connectivity index (χ2v) is 24.3. The quantitative estimate of drug-likeness (QED) is 0.0460. The second kappa shape index (κ2) is 24.9. The molecule has 6 nitrogen and oxygen atoms in total. The van der Waals surface area contributed by atoms with E-state index in [1.165, 1.54) is 125 Å². The number of hydrazone groups is 2. The molecule has 0 unspecified atom stereocenters. The second-order valence-electron chi connectivity index (χ2n) is 24.3. The molecule has 0 atom stereocenters. The van der Waals surface area contributed by atoms with Gasteiger partial charge in [0.2, 0.25) is 0 Å². The van der Waals surface area contributed by atoms with Crippen LogP contribution in [0.4, 0.5) is 22.7 Å².